The fraction of sp³-hybridized carbons (Fsp3) is 0.467. The summed E-state index contributed by atoms with van der Waals surface area (Å²) in [5.74, 6) is 0. The summed E-state index contributed by atoms with van der Waals surface area (Å²) in [5, 5.41) is 11.4. The van der Waals surface area contributed by atoms with Crippen LogP contribution >= 0.6 is 11.6 Å². The van der Waals surface area contributed by atoms with Gasteiger partial charge in [0.2, 0.25) is 0 Å². The van der Waals surface area contributed by atoms with Crippen LogP contribution in [0.3, 0.4) is 0 Å². The van der Waals surface area contributed by atoms with Gasteiger partial charge in [-0.05, 0) is 55.9 Å². The highest BCUT2D eigenvalue weighted by Gasteiger charge is 2.28. The lowest BCUT2D eigenvalue weighted by atomic mass is 9.85. The Kier molecular flexibility index (Phi) is 3.90. The highest BCUT2D eigenvalue weighted by atomic mass is 35.5. The van der Waals surface area contributed by atoms with Gasteiger partial charge >= 0.3 is 0 Å². The Morgan fingerprint density at radius 2 is 2.06 bits per heavy atom. The second kappa shape index (κ2) is 5.24. The van der Waals surface area contributed by atoms with E-state index in [2.05, 4.69) is 6.08 Å². The molecule has 0 heterocycles. The number of hydrogen-bond acceptors (Lipinski definition) is 1. The van der Waals surface area contributed by atoms with Crippen molar-refractivity contribution >= 4 is 11.6 Å². The van der Waals surface area contributed by atoms with E-state index in [0.717, 1.165) is 24.0 Å². The van der Waals surface area contributed by atoms with E-state index in [-0.39, 0.29) is 0 Å². The minimum atomic E-state index is -0.880. The van der Waals surface area contributed by atoms with Crippen LogP contribution in [0, 0.1) is 0 Å². The summed E-state index contributed by atoms with van der Waals surface area (Å²) in [6, 6.07) is 7.52. The van der Waals surface area contributed by atoms with E-state index in [0.29, 0.717) is 5.02 Å². The van der Waals surface area contributed by atoms with Gasteiger partial charge < -0.3 is 5.11 Å². The summed E-state index contributed by atoms with van der Waals surface area (Å²) in [6.45, 7) is 1.87. The molecule has 1 aromatic rings. The molecular weight excluding hydrogens is 232 g/mol. The van der Waals surface area contributed by atoms with Gasteiger partial charge in [0.25, 0.3) is 0 Å². The van der Waals surface area contributed by atoms with Gasteiger partial charge in [-0.3, -0.25) is 0 Å². The zero-order valence-electron chi connectivity index (χ0n) is 10.2. The van der Waals surface area contributed by atoms with Crippen molar-refractivity contribution in [2.24, 2.45) is 0 Å². The van der Waals surface area contributed by atoms with Crippen molar-refractivity contribution in [1.82, 2.24) is 0 Å². The molecule has 92 valence electrons. The van der Waals surface area contributed by atoms with Gasteiger partial charge in [-0.1, -0.05) is 36.2 Å². The monoisotopic (exact) mass is 250 g/mol. The molecule has 0 bridgehead atoms. The van der Waals surface area contributed by atoms with Crippen molar-refractivity contribution in [3.05, 3.63) is 46.5 Å². The maximum Gasteiger partial charge on any atom is 0.108 e. The third-order valence-corrected chi connectivity index (χ3v) is 3.79. The highest BCUT2D eigenvalue weighted by Crippen LogP contribution is 2.35. The van der Waals surface area contributed by atoms with Gasteiger partial charge in [0.05, 0.1) is 0 Å². The molecule has 2 heteroatoms. The molecule has 1 aliphatic carbocycles. The first kappa shape index (κ1) is 12.7. The first-order chi connectivity index (χ1) is 8.10. The van der Waals surface area contributed by atoms with E-state index in [1.165, 1.54) is 19.3 Å². The van der Waals surface area contributed by atoms with Crippen LogP contribution in [0.5, 0.6) is 0 Å². The Bertz CT molecular complexity index is 421. The fourth-order valence-electron chi connectivity index (χ4n) is 2.43. The Labute approximate surface area is 108 Å². The van der Waals surface area contributed by atoms with Crippen LogP contribution in [0.15, 0.2) is 35.9 Å². The molecule has 0 radical (unpaired) electrons. The molecule has 1 aromatic carbocycles. The number of hydrogen-bond donors (Lipinski definition) is 1. The van der Waals surface area contributed by atoms with E-state index >= 15 is 0 Å². The van der Waals surface area contributed by atoms with Crippen molar-refractivity contribution in [3.8, 4) is 0 Å². The lowest BCUT2D eigenvalue weighted by molar-refractivity contribution is 0.0932. The van der Waals surface area contributed by atoms with E-state index in [1.807, 2.05) is 31.2 Å². The predicted molar refractivity (Wildman–Crippen MR) is 72.2 cm³/mol. The van der Waals surface area contributed by atoms with Gasteiger partial charge in [0.15, 0.2) is 0 Å². The molecule has 0 saturated carbocycles. The second-order valence-corrected chi connectivity index (χ2v) is 5.35. The molecule has 1 nitrogen and oxygen atoms in total. The first-order valence-electron chi connectivity index (χ1n) is 6.28. The van der Waals surface area contributed by atoms with Crippen molar-refractivity contribution in [3.63, 3.8) is 0 Å². The van der Waals surface area contributed by atoms with Crippen LogP contribution in [0.25, 0.3) is 0 Å². The molecular formula is C15H19ClO. The average Bonchev–Trinajstić information content (AvgIpc) is 2.58. The van der Waals surface area contributed by atoms with Crippen LogP contribution in [0.4, 0.5) is 0 Å². The summed E-state index contributed by atoms with van der Waals surface area (Å²) < 4.78 is 0. The third kappa shape index (κ3) is 2.91. The molecule has 1 atom stereocenters. The summed E-state index contributed by atoms with van der Waals surface area (Å²) in [5.41, 5.74) is 1.14. The van der Waals surface area contributed by atoms with Crippen LogP contribution < -0.4 is 0 Å². The Morgan fingerprint density at radius 3 is 2.82 bits per heavy atom. The molecule has 0 aromatic heterocycles. The van der Waals surface area contributed by atoms with E-state index < -0.39 is 5.60 Å². The molecule has 17 heavy (non-hydrogen) atoms. The SMILES string of the molecule is CC(O)(C1=CCCCCC1)c1cccc(Cl)c1. The van der Waals surface area contributed by atoms with Crippen LogP contribution in [0.1, 0.15) is 44.6 Å². The van der Waals surface area contributed by atoms with Gasteiger partial charge in [0, 0.05) is 5.02 Å². The lowest BCUT2D eigenvalue weighted by Crippen LogP contribution is -2.24. The van der Waals surface area contributed by atoms with Gasteiger partial charge in [-0.2, -0.15) is 0 Å². The minimum Gasteiger partial charge on any atom is -0.381 e. The summed E-state index contributed by atoms with van der Waals surface area (Å²) in [7, 11) is 0. The first-order valence-corrected chi connectivity index (χ1v) is 6.66. The van der Waals surface area contributed by atoms with E-state index in [4.69, 9.17) is 11.6 Å². The summed E-state index contributed by atoms with van der Waals surface area (Å²) in [4.78, 5) is 0. The molecule has 0 fully saturated rings. The van der Waals surface area contributed by atoms with Crippen molar-refractivity contribution in [1.29, 1.82) is 0 Å². The standard InChI is InChI=1S/C15H19ClO/c1-15(17,12-7-4-2-3-5-8-12)13-9-6-10-14(16)11-13/h6-7,9-11,17H,2-5,8H2,1H3. The van der Waals surface area contributed by atoms with E-state index in [9.17, 15) is 5.11 Å². The fourth-order valence-corrected chi connectivity index (χ4v) is 2.62. The Balaban J connectivity index is 2.31. The number of halogens is 1. The number of aliphatic hydroxyl groups is 1. The van der Waals surface area contributed by atoms with Crippen molar-refractivity contribution < 1.29 is 5.11 Å². The maximum absolute atomic E-state index is 10.7. The Morgan fingerprint density at radius 1 is 1.24 bits per heavy atom. The van der Waals surface area contributed by atoms with Crippen LogP contribution in [-0.2, 0) is 5.60 Å². The largest absolute Gasteiger partial charge is 0.381 e. The predicted octanol–water partition coefficient (Wildman–Crippen LogP) is 4.44. The van der Waals surface area contributed by atoms with Crippen molar-refractivity contribution in [2.75, 3.05) is 0 Å². The number of rotatable bonds is 2. The van der Waals surface area contributed by atoms with E-state index in [1.54, 1.807) is 0 Å². The topological polar surface area (TPSA) is 20.2 Å². The third-order valence-electron chi connectivity index (χ3n) is 3.55. The van der Waals surface area contributed by atoms with Crippen LogP contribution in [-0.4, -0.2) is 5.11 Å². The molecule has 1 aliphatic rings. The van der Waals surface area contributed by atoms with Gasteiger partial charge in [0.1, 0.15) is 5.60 Å². The average molecular weight is 251 g/mol. The van der Waals surface area contributed by atoms with Crippen molar-refractivity contribution in [2.45, 2.75) is 44.6 Å². The zero-order chi connectivity index (χ0) is 12.3. The molecule has 0 saturated heterocycles. The van der Waals surface area contributed by atoms with Crippen LogP contribution in [0.2, 0.25) is 5.02 Å². The Hall–Kier alpha value is -0.790. The highest BCUT2D eigenvalue weighted by molar-refractivity contribution is 6.30. The van der Waals surface area contributed by atoms with Gasteiger partial charge in [-0.15, -0.1) is 0 Å². The molecule has 0 spiro atoms. The number of benzene rings is 1. The second-order valence-electron chi connectivity index (χ2n) is 4.91. The molecule has 1 unspecified atom stereocenters. The maximum atomic E-state index is 10.7. The van der Waals surface area contributed by atoms with Gasteiger partial charge in [-0.25, -0.2) is 0 Å². The number of allylic oxidation sites excluding steroid dienone is 1. The summed E-state index contributed by atoms with van der Waals surface area (Å²) in [6.07, 6.45) is 7.92. The minimum absolute atomic E-state index is 0.678. The molecule has 0 aliphatic heterocycles. The smallest absolute Gasteiger partial charge is 0.108 e. The molecule has 2 rings (SSSR count). The molecule has 1 N–H and O–H groups in total. The normalized spacial score (nSPS) is 20.3. The lowest BCUT2D eigenvalue weighted by Gasteiger charge is -2.27. The molecule has 0 amide bonds. The quantitative estimate of drug-likeness (QED) is 0.770. The zero-order valence-corrected chi connectivity index (χ0v) is 11.0. The summed E-state index contributed by atoms with van der Waals surface area (Å²) >= 11 is 5.99.